The van der Waals surface area contributed by atoms with E-state index in [0.29, 0.717) is 17.8 Å². The molecule has 0 saturated heterocycles. The summed E-state index contributed by atoms with van der Waals surface area (Å²) < 4.78 is 0. The highest BCUT2D eigenvalue weighted by Crippen LogP contribution is 2.15. The zero-order valence-corrected chi connectivity index (χ0v) is 15.5. The van der Waals surface area contributed by atoms with Crippen molar-refractivity contribution >= 4 is 29.2 Å². The molecule has 7 heteroatoms. The lowest BCUT2D eigenvalue weighted by atomic mass is 10.2. The highest BCUT2D eigenvalue weighted by atomic mass is 15.3. The fraction of sp³-hybridized carbons (Fsp3) is 0.211. The number of anilines is 5. The molecular formula is C19H25N7. The Labute approximate surface area is 154 Å². The minimum Gasteiger partial charge on any atom is -0.399 e. The second-order valence-corrected chi connectivity index (χ2v) is 5.71. The van der Waals surface area contributed by atoms with Gasteiger partial charge in [-0.15, -0.1) is 0 Å². The van der Waals surface area contributed by atoms with E-state index in [0.717, 1.165) is 11.4 Å². The zero-order chi connectivity index (χ0) is 18.9. The first-order chi connectivity index (χ1) is 12.5. The second-order valence-electron chi connectivity index (χ2n) is 5.71. The van der Waals surface area contributed by atoms with E-state index >= 15 is 0 Å². The number of hydrogen-bond donors (Lipinski definition) is 4. The number of benzene rings is 2. The Bertz CT molecular complexity index is 771. The molecule has 0 atom stereocenters. The molecule has 1 aromatic heterocycles. The van der Waals surface area contributed by atoms with Crippen LogP contribution in [0.2, 0.25) is 0 Å². The third-order valence-electron chi connectivity index (χ3n) is 3.47. The largest absolute Gasteiger partial charge is 0.399 e. The maximum absolute atomic E-state index is 5.43. The lowest BCUT2D eigenvalue weighted by molar-refractivity contribution is 1.05. The predicted octanol–water partition coefficient (Wildman–Crippen LogP) is 3.58. The lowest BCUT2D eigenvalue weighted by Gasteiger charge is -2.08. The number of aryl methyl sites for hydroxylation is 2. The van der Waals surface area contributed by atoms with Gasteiger partial charge in [0.2, 0.25) is 17.8 Å². The van der Waals surface area contributed by atoms with E-state index in [1.54, 1.807) is 14.1 Å². The molecule has 0 saturated carbocycles. The van der Waals surface area contributed by atoms with Gasteiger partial charge in [0.25, 0.3) is 0 Å². The summed E-state index contributed by atoms with van der Waals surface area (Å²) in [7, 11) is 3.54. The summed E-state index contributed by atoms with van der Waals surface area (Å²) in [5.41, 5.74) is 9.66. The first-order valence-electron chi connectivity index (χ1n) is 8.27. The van der Waals surface area contributed by atoms with Crippen LogP contribution in [-0.4, -0.2) is 29.0 Å². The smallest absolute Gasteiger partial charge is 0.233 e. The molecule has 3 rings (SSSR count). The predicted molar refractivity (Wildman–Crippen MR) is 109 cm³/mol. The molecular weight excluding hydrogens is 326 g/mol. The van der Waals surface area contributed by atoms with Gasteiger partial charge in [0.15, 0.2) is 0 Å². The van der Waals surface area contributed by atoms with E-state index in [2.05, 4.69) is 30.9 Å². The summed E-state index contributed by atoms with van der Waals surface area (Å²) in [5, 5.41) is 8.93. The topological polar surface area (TPSA) is 101 Å². The molecule has 0 bridgehead atoms. The van der Waals surface area contributed by atoms with Gasteiger partial charge in [-0.2, -0.15) is 15.0 Å². The molecule has 1 heterocycles. The number of nitrogen functional groups attached to an aromatic ring is 1. The Morgan fingerprint density at radius 3 is 1.50 bits per heavy atom. The van der Waals surface area contributed by atoms with E-state index in [1.165, 1.54) is 11.1 Å². The summed E-state index contributed by atoms with van der Waals surface area (Å²) in [4.78, 5) is 12.6. The van der Waals surface area contributed by atoms with Crippen LogP contribution in [0.3, 0.4) is 0 Å². The average molecular weight is 351 g/mol. The second kappa shape index (κ2) is 9.22. The van der Waals surface area contributed by atoms with Gasteiger partial charge in [-0.3, -0.25) is 0 Å². The molecule has 0 aliphatic heterocycles. The highest BCUT2D eigenvalue weighted by molar-refractivity contribution is 5.55. The molecule has 0 aliphatic rings. The Hall–Kier alpha value is -3.35. The monoisotopic (exact) mass is 351 g/mol. The van der Waals surface area contributed by atoms with Gasteiger partial charge in [0, 0.05) is 25.5 Å². The molecule has 0 unspecified atom stereocenters. The van der Waals surface area contributed by atoms with E-state index in [1.807, 2.05) is 62.4 Å². The summed E-state index contributed by atoms with van der Waals surface area (Å²) >= 11 is 0. The molecule has 5 N–H and O–H groups in total. The minimum atomic E-state index is 0.502. The number of aromatic nitrogens is 3. The molecule has 0 aliphatic carbocycles. The number of nitrogens with one attached hydrogen (secondary N) is 3. The standard InChI is InChI=1S/C12H16N6.C7H9N/c1-8-4-6-9(7-5-8)15-12-17-10(13-2)16-11(14-3)18-12;1-6-2-4-7(8)5-3-6/h4-7H,1-3H3,(H3,13,14,15,16,17,18);2-5H,8H2,1H3. The fourth-order valence-electron chi connectivity index (χ4n) is 1.99. The van der Waals surface area contributed by atoms with Gasteiger partial charge in [-0.25, -0.2) is 0 Å². The molecule has 26 heavy (non-hydrogen) atoms. The molecule has 0 radical (unpaired) electrons. The summed E-state index contributed by atoms with van der Waals surface area (Å²) in [6, 6.07) is 15.8. The van der Waals surface area contributed by atoms with Crippen LogP contribution in [-0.2, 0) is 0 Å². The quantitative estimate of drug-likeness (QED) is 0.533. The van der Waals surface area contributed by atoms with Crippen molar-refractivity contribution in [2.45, 2.75) is 13.8 Å². The van der Waals surface area contributed by atoms with Crippen LogP contribution in [0, 0.1) is 13.8 Å². The fourth-order valence-corrected chi connectivity index (χ4v) is 1.99. The van der Waals surface area contributed by atoms with Crippen molar-refractivity contribution in [1.82, 2.24) is 15.0 Å². The van der Waals surface area contributed by atoms with Crippen LogP contribution in [0.15, 0.2) is 48.5 Å². The maximum atomic E-state index is 5.43. The van der Waals surface area contributed by atoms with E-state index in [4.69, 9.17) is 5.73 Å². The van der Waals surface area contributed by atoms with Crippen LogP contribution in [0.5, 0.6) is 0 Å². The van der Waals surface area contributed by atoms with Crippen LogP contribution in [0.25, 0.3) is 0 Å². The SMILES string of the molecule is CNc1nc(NC)nc(Nc2ccc(C)cc2)n1.Cc1ccc(N)cc1. The van der Waals surface area contributed by atoms with Crippen molar-refractivity contribution in [2.24, 2.45) is 0 Å². The molecule has 2 aromatic carbocycles. The van der Waals surface area contributed by atoms with Gasteiger partial charge >= 0.3 is 0 Å². The Balaban J connectivity index is 0.000000254. The summed E-state index contributed by atoms with van der Waals surface area (Å²) in [6.07, 6.45) is 0. The van der Waals surface area contributed by atoms with Gasteiger partial charge in [0.1, 0.15) is 0 Å². The molecule has 0 amide bonds. The van der Waals surface area contributed by atoms with Crippen molar-refractivity contribution in [3.8, 4) is 0 Å². The first-order valence-corrected chi connectivity index (χ1v) is 8.27. The normalized spacial score (nSPS) is 9.69. The summed E-state index contributed by atoms with van der Waals surface area (Å²) in [5.74, 6) is 1.54. The Morgan fingerprint density at radius 1 is 0.654 bits per heavy atom. The van der Waals surface area contributed by atoms with Gasteiger partial charge in [0.05, 0.1) is 0 Å². The minimum absolute atomic E-state index is 0.502. The van der Waals surface area contributed by atoms with Crippen molar-refractivity contribution in [3.63, 3.8) is 0 Å². The summed E-state index contributed by atoms with van der Waals surface area (Å²) in [6.45, 7) is 4.09. The maximum Gasteiger partial charge on any atom is 0.233 e. The third kappa shape index (κ3) is 5.94. The van der Waals surface area contributed by atoms with Gasteiger partial charge in [-0.1, -0.05) is 35.4 Å². The Morgan fingerprint density at radius 2 is 1.08 bits per heavy atom. The van der Waals surface area contributed by atoms with E-state index < -0.39 is 0 Å². The van der Waals surface area contributed by atoms with Crippen LogP contribution in [0.4, 0.5) is 29.2 Å². The number of hydrogen-bond acceptors (Lipinski definition) is 7. The first kappa shape index (κ1) is 19.0. The lowest BCUT2D eigenvalue weighted by Crippen LogP contribution is -2.07. The number of nitrogens with zero attached hydrogens (tertiary/aromatic N) is 3. The zero-order valence-electron chi connectivity index (χ0n) is 15.5. The Kier molecular flexibility index (Phi) is 6.73. The molecule has 0 spiro atoms. The van der Waals surface area contributed by atoms with Crippen molar-refractivity contribution in [1.29, 1.82) is 0 Å². The number of nitrogens with two attached hydrogens (primary N) is 1. The van der Waals surface area contributed by atoms with Crippen LogP contribution in [0.1, 0.15) is 11.1 Å². The van der Waals surface area contributed by atoms with Crippen molar-refractivity contribution in [3.05, 3.63) is 59.7 Å². The van der Waals surface area contributed by atoms with Gasteiger partial charge < -0.3 is 21.7 Å². The van der Waals surface area contributed by atoms with E-state index in [9.17, 15) is 0 Å². The van der Waals surface area contributed by atoms with Crippen molar-refractivity contribution < 1.29 is 0 Å². The third-order valence-corrected chi connectivity index (χ3v) is 3.47. The van der Waals surface area contributed by atoms with Crippen LogP contribution < -0.4 is 21.7 Å². The molecule has 0 fully saturated rings. The van der Waals surface area contributed by atoms with Crippen molar-refractivity contribution in [2.75, 3.05) is 35.8 Å². The molecule has 7 nitrogen and oxygen atoms in total. The van der Waals surface area contributed by atoms with Gasteiger partial charge in [-0.05, 0) is 38.1 Å². The average Bonchev–Trinajstić information content (AvgIpc) is 2.66. The number of rotatable bonds is 4. The molecule has 3 aromatic rings. The highest BCUT2D eigenvalue weighted by Gasteiger charge is 2.04. The molecule has 136 valence electrons. The van der Waals surface area contributed by atoms with E-state index in [-0.39, 0.29) is 0 Å². The van der Waals surface area contributed by atoms with Crippen LogP contribution >= 0.6 is 0 Å².